The minimum absolute atomic E-state index is 0.00970. The van der Waals surface area contributed by atoms with E-state index in [1.807, 2.05) is 6.92 Å². The van der Waals surface area contributed by atoms with E-state index >= 15 is 0 Å². The highest BCUT2D eigenvalue weighted by Crippen LogP contribution is 2.37. The zero-order valence-electron chi connectivity index (χ0n) is 18.5. The molecule has 0 radical (unpaired) electrons. The molecule has 3 aromatic rings. The fourth-order valence-electron chi connectivity index (χ4n) is 3.47. The molecule has 0 bridgehead atoms. The molecule has 176 valence electrons. The number of nitrogens with one attached hydrogen (secondary N) is 1. The fraction of sp³-hybridized carbons (Fsp3) is 0.400. The molecular formula is C20H25N7O4S2. The third kappa shape index (κ3) is 4.56. The fourth-order valence-corrected chi connectivity index (χ4v) is 6.38. The van der Waals surface area contributed by atoms with Crippen LogP contribution in [0.1, 0.15) is 25.3 Å². The first-order chi connectivity index (χ1) is 15.6. The van der Waals surface area contributed by atoms with E-state index in [9.17, 15) is 18.0 Å². The number of hydrogen-bond donors (Lipinski definition) is 2. The van der Waals surface area contributed by atoms with Crippen molar-refractivity contribution in [1.82, 2.24) is 23.6 Å². The average molecular weight is 492 g/mol. The molecule has 0 saturated heterocycles. The third-order valence-electron chi connectivity index (χ3n) is 5.47. The summed E-state index contributed by atoms with van der Waals surface area (Å²) in [5, 5.41) is 4.28. The van der Waals surface area contributed by atoms with Crippen LogP contribution in [0.2, 0.25) is 0 Å². The molecule has 11 nitrogen and oxygen atoms in total. The first-order valence-electron chi connectivity index (χ1n) is 10.2. The van der Waals surface area contributed by atoms with Crippen LogP contribution in [0.5, 0.6) is 0 Å². The van der Waals surface area contributed by atoms with Gasteiger partial charge in [-0.05, 0) is 25.8 Å². The van der Waals surface area contributed by atoms with Crippen molar-refractivity contribution in [3.8, 4) is 0 Å². The van der Waals surface area contributed by atoms with Gasteiger partial charge in [0.2, 0.25) is 0 Å². The van der Waals surface area contributed by atoms with Crippen LogP contribution in [-0.4, -0.2) is 46.1 Å². The predicted octanol–water partition coefficient (Wildman–Crippen LogP) is 0.381. The summed E-state index contributed by atoms with van der Waals surface area (Å²) in [6.45, 7) is 1.86. The zero-order chi connectivity index (χ0) is 24.0. The average Bonchev–Trinajstić information content (AvgIpc) is 3.14. The molecule has 3 aromatic heterocycles. The Morgan fingerprint density at radius 3 is 2.67 bits per heavy atom. The number of rotatable bonds is 8. The molecule has 13 heteroatoms. The van der Waals surface area contributed by atoms with Gasteiger partial charge in [0.1, 0.15) is 9.04 Å². The van der Waals surface area contributed by atoms with Gasteiger partial charge in [0.25, 0.3) is 15.6 Å². The summed E-state index contributed by atoms with van der Waals surface area (Å²) in [4.78, 5) is 30.8. The summed E-state index contributed by atoms with van der Waals surface area (Å²) in [7, 11) is -0.535. The van der Waals surface area contributed by atoms with Crippen molar-refractivity contribution < 1.29 is 8.42 Å². The van der Waals surface area contributed by atoms with Crippen LogP contribution in [0.25, 0.3) is 10.2 Å². The van der Waals surface area contributed by atoms with Gasteiger partial charge in [0, 0.05) is 49.4 Å². The van der Waals surface area contributed by atoms with E-state index in [2.05, 4.69) is 14.8 Å². The Balaban J connectivity index is 1.92. The summed E-state index contributed by atoms with van der Waals surface area (Å²) in [6.07, 6.45) is 7.61. The van der Waals surface area contributed by atoms with Gasteiger partial charge in [-0.1, -0.05) is 0 Å². The summed E-state index contributed by atoms with van der Waals surface area (Å²) in [6, 6.07) is 1.34. The van der Waals surface area contributed by atoms with Crippen molar-refractivity contribution in [3.05, 3.63) is 56.6 Å². The molecular weight excluding hydrogens is 466 g/mol. The van der Waals surface area contributed by atoms with Gasteiger partial charge in [-0.25, -0.2) is 17.9 Å². The SMILES string of the molecule is CN=CC(=CN)Cn1c(=O)c2cc(S(=O)(=O)NC3(C)CC3)sc2n(Cc2cnn(C)c2)c1=O. The molecule has 0 aromatic carbocycles. The van der Waals surface area contributed by atoms with Gasteiger partial charge in [-0.3, -0.25) is 23.6 Å². The van der Waals surface area contributed by atoms with Gasteiger partial charge in [0.05, 0.1) is 24.7 Å². The third-order valence-corrected chi connectivity index (χ3v) is 8.74. The highest BCUT2D eigenvalue weighted by atomic mass is 32.2. The monoisotopic (exact) mass is 491 g/mol. The van der Waals surface area contributed by atoms with E-state index < -0.39 is 26.8 Å². The first kappa shape index (κ1) is 23.1. The van der Waals surface area contributed by atoms with Crippen molar-refractivity contribution in [3.63, 3.8) is 0 Å². The number of fused-ring (bicyclic) bond motifs is 1. The minimum atomic E-state index is -3.85. The van der Waals surface area contributed by atoms with Gasteiger partial charge >= 0.3 is 5.69 Å². The second-order valence-electron chi connectivity index (χ2n) is 8.36. The van der Waals surface area contributed by atoms with Gasteiger partial charge in [-0.2, -0.15) is 5.10 Å². The first-order valence-corrected chi connectivity index (χ1v) is 12.5. The highest BCUT2D eigenvalue weighted by molar-refractivity contribution is 7.91. The Kier molecular flexibility index (Phi) is 5.88. The van der Waals surface area contributed by atoms with Crippen LogP contribution in [-0.2, 0) is 30.2 Å². The quantitative estimate of drug-likeness (QED) is 0.436. The number of aromatic nitrogens is 4. The number of nitrogens with zero attached hydrogens (tertiary/aromatic N) is 5. The highest BCUT2D eigenvalue weighted by Gasteiger charge is 2.41. The number of aryl methyl sites for hydroxylation is 1. The number of nitrogens with two attached hydrogens (primary N) is 1. The predicted molar refractivity (Wildman–Crippen MR) is 127 cm³/mol. The number of aliphatic imine (C=N–C) groups is 1. The van der Waals surface area contributed by atoms with Gasteiger partial charge in [-0.15, -0.1) is 11.3 Å². The minimum Gasteiger partial charge on any atom is -0.404 e. The van der Waals surface area contributed by atoms with E-state index in [1.165, 1.54) is 23.0 Å². The van der Waals surface area contributed by atoms with E-state index in [4.69, 9.17) is 5.73 Å². The summed E-state index contributed by atoms with van der Waals surface area (Å²) < 4.78 is 32.7. The van der Waals surface area contributed by atoms with Crippen LogP contribution in [0, 0.1) is 0 Å². The Hall–Kier alpha value is -3.03. The van der Waals surface area contributed by atoms with Gasteiger partial charge in [0.15, 0.2) is 0 Å². The number of sulfonamides is 1. The van der Waals surface area contributed by atoms with Crippen LogP contribution >= 0.6 is 11.3 Å². The van der Waals surface area contributed by atoms with Crippen LogP contribution in [0.4, 0.5) is 0 Å². The molecule has 1 fully saturated rings. The number of thiophene rings is 1. The van der Waals surface area contributed by atoms with E-state index in [0.717, 1.165) is 34.3 Å². The Labute approximate surface area is 193 Å². The number of hydrogen-bond acceptors (Lipinski definition) is 8. The van der Waals surface area contributed by atoms with E-state index in [0.29, 0.717) is 5.57 Å². The molecule has 0 atom stereocenters. The molecule has 1 aliphatic rings. The topological polar surface area (TPSA) is 146 Å². The second-order valence-corrected chi connectivity index (χ2v) is 11.3. The Bertz CT molecular complexity index is 1500. The van der Waals surface area contributed by atoms with Crippen molar-refractivity contribution in [2.45, 2.75) is 42.6 Å². The molecule has 0 unspecified atom stereocenters. The molecule has 0 amide bonds. The van der Waals surface area contributed by atoms with Crippen molar-refractivity contribution in [1.29, 1.82) is 0 Å². The lowest BCUT2D eigenvalue weighted by Crippen LogP contribution is -2.40. The van der Waals surface area contributed by atoms with Crippen molar-refractivity contribution in [2.75, 3.05) is 7.05 Å². The molecule has 33 heavy (non-hydrogen) atoms. The lowest BCUT2D eigenvalue weighted by molar-refractivity contribution is 0.560. The number of allylic oxidation sites excluding steroid dienone is 1. The molecule has 1 saturated carbocycles. The van der Waals surface area contributed by atoms with E-state index in [-0.39, 0.29) is 27.5 Å². The van der Waals surface area contributed by atoms with E-state index in [1.54, 1.807) is 31.2 Å². The van der Waals surface area contributed by atoms with Crippen LogP contribution in [0.15, 0.2) is 49.0 Å². The maximum absolute atomic E-state index is 13.4. The molecule has 3 N–H and O–H groups in total. The summed E-state index contributed by atoms with van der Waals surface area (Å²) in [5.74, 6) is 0. The lowest BCUT2D eigenvalue weighted by atomic mass is 10.3. The standard InChI is InChI=1S/C20H25N7O4S2/c1-20(4-5-20)24-33(30,31)16-6-15-17(28)26(11-13(7-21)8-22-2)19(29)27(18(15)32-16)12-14-9-23-25(3)10-14/h6-10,24H,4-5,11-12,21H2,1-3H3. The largest absolute Gasteiger partial charge is 0.404 e. The smallest absolute Gasteiger partial charge is 0.332 e. The Morgan fingerprint density at radius 1 is 1.36 bits per heavy atom. The molecule has 3 heterocycles. The van der Waals surface area contributed by atoms with Crippen LogP contribution < -0.4 is 21.7 Å². The lowest BCUT2D eigenvalue weighted by Gasteiger charge is -2.11. The summed E-state index contributed by atoms with van der Waals surface area (Å²) >= 11 is 0.904. The maximum Gasteiger partial charge on any atom is 0.332 e. The normalized spacial score (nSPS) is 16.2. The molecule has 1 aliphatic carbocycles. The second kappa shape index (κ2) is 8.39. The Morgan fingerprint density at radius 2 is 2.09 bits per heavy atom. The van der Waals surface area contributed by atoms with Crippen molar-refractivity contribution in [2.24, 2.45) is 17.8 Å². The molecule has 4 rings (SSSR count). The van der Waals surface area contributed by atoms with Gasteiger partial charge < -0.3 is 5.73 Å². The maximum atomic E-state index is 13.4. The zero-order valence-corrected chi connectivity index (χ0v) is 20.1. The van der Waals surface area contributed by atoms with Crippen LogP contribution in [0.3, 0.4) is 0 Å². The molecule has 0 spiro atoms. The van der Waals surface area contributed by atoms with Crippen molar-refractivity contribution >= 4 is 37.8 Å². The summed E-state index contributed by atoms with van der Waals surface area (Å²) in [5.41, 5.74) is 5.21. The molecule has 0 aliphatic heterocycles.